The SMILES string of the molecule is O=C(N[C@H](Cc1ccccc1)c1ccccc1)c1ccc2nc[nH]c2c1. The molecule has 1 aromatic heterocycles. The van der Waals surface area contributed by atoms with Crippen LogP contribution in [0.5, 0.6) is 0 Å². The number of fused-ring (bicyclic) bond motifs is 1. The van der Waals surface area contributed by atoms with Crippen molar-refractivity contribution in [3.63, 3.8) is 0 Å². The Labute approximate surface area is 151 Å². The number of aromatic amines is 1. The molecule has 2 N–H and O–H groups in total. The molecule has 0 aliphatic rings. The van der Waals surface area contributed by atoms with E-state index in [0.717, 1.165) is 23.0 Å². The van der Waals surface area contributed by atoms with Crippen molar-refractivity contribution in [1.29, 1.82) is 0 Å². The molecule has 4 heteroatoms. The highest BCUT2D eigenvalue weighted by Crippen LogP contribution is 2.20. The molecule has 3 aromatic carbocycles. The molecule has 26 heavy (non-hydrogen) atoms. The Hall–Kier alpha value is -3.40. The van der Waals surface area contributed by atoms with E-state index in [4.69, 9.17) is 0 Å². The normalized spacial score (nSPS) is 12.0. The van der Waals surface area contributed by atoms with Crippen LogP contribution >= 0.6 is 0 Å². The van der Waals surface area contributed by atoms with Crippen LogP contribution in [0, 0.1) is 0 Å². The van der Waals surface area contributed by atoms with Crippen LogP contribution in [0.4, 0.5) is 0 Å². The minimum Gasteiger partial charge on any atom is -0.345 e. The van der Waals surface area contributed by atoms with E-state index in [-0.39, 0.29) is 11.9 Å². The van der Waals surface area contributed by atoms with Crippen molar-refractivity contribution in [3.05, 3.63) is 102 Å². The highest BCUT2D eigenvalue weighted by molar-refractivity contribution is 5.97. The van der Waals surface area contributed by atoms with Gasteiger partial charge in [0.2, 0.25) is 0 Å². The third kappa shape index (κ3) is 3.49. The maximum atomic E-state index is 12.8. The van der Waals surface area contributed by atoms with Crippen molar-refractivity contribution in [2.45, 2.75) is 12.5 Å². The van der Waals surface area contributed by atoms with Crippen molar-refractivity contribution in [1.82, 2.24) is 15.3 Å². The summed E-state index contributed by atoms with van der Waals surface area (Å²) in [5, 5.41) is 3.18. The van der Waals surface area contributed by atoms with Gasteiger partial charge in [-0.3, -0.25) is 4.79 Å². The zero-order chi connectivity index (χ0) is 17.8. The van der Waals surface area contributed by atoms with Gasteiger partial charge in [-0.1, -0.05) is 60.7 Å². The zero-order valence-electron chi connectivity index (χ0n) is 14.2. The number of imidazole rings is 1. The van der Waals surface area contributed by atoms with Crippen molar-refractivity contribution < 1.29 is 4.79 Å². The second-order valence-corrected chi connectivity index (χ2v) is 6.26. The molecule has 0 saturated carbocycles. The molecule has 1 heterocycles. The molecule has 4 nitrogen and oxygen atoms in total. The largest absolute Gasteiger partial charge is 0.345 e. The van der Waals surface area contributed by atoms with Crippen LogP contribution in [0.25, 0.3) is 11.0 Å². The molecule has 1 atom stereocenters. The molecule has 0 bridgehead atoms. The Morgan fingerprint density at radius 1 is 0.962 bits per heavy atom. The minimum absolute atomic E-state index is 0.0914. The lowest BCUT2D eigenvalue weighted by atomic mass is 9.98. The highest BCUT2D eigenvalue weighted by atomic mass is 16.1. The highest BCUT2D eigenvalue weighted by Gasteiger charge is 2.17. The molecule has 0 saturated heterocycles. The number of carbonyl (C=O) groups excluding carboxylic acids is 1. The average Bonchev–Trinajstić information content (AvgIpc) is 3.17. The summed E-state index contributed by atoms with van der Waals surface area (Å²) in [4.78, 5) is 20.1. The van der Waals surface area contributed by atoms with Crippen LogP contribution in [-0.4, -0.2) is 15.9 Å². The van der Waals surface area contributed by atoms with Gasteiger partial charge in [-0.2, -0.15) is 0 Å². The van der Waals surface area contributed by atoms with Gasteiger partial charge in [-0.05, 0) is 35.7 Å². The number of nitrogens with one attached hydrogen (secondary N) is 2. The number of benzene rings is 3. The fraction of sp³-hybridized carbons (Fsp3) is 0.0909. The number of nitrogens with zero attached hydrogens (tertiary/aromatic N) is 1. The summed E-state index contributed by atoms with van der Waals surface area (Å²) in [6, 6.07) is 25.7. The molecule has 0 spiro atoms. The van der Waals surface area contributed by atoms with Gasteiger partial charge < -0.3 is 10.3 Å². The molecule has 0 radical (unpaired) electrons. The van der Waals surface area contributed by atoms with Crippen LogP contribution in [0.2, 0.25) is 0 Å². The molecular formula is C22H19N3O. The minimum atomic E-state index is -0.0939. The van der Waals surface area contributed by atoms with Crippen molar-refractivity contribution in [2.75, 3.05) is 0 Å². The van der Waals surface area contributed by atoms with Gasteiger partial charge >= 0.3 is 0 Å². The molecule has 0 aliphatic heterocycles. The van der Waals surface area contributed by atoms with Crippen molar-refractivity contribution >= 4 is 16.9 Å². The number of aromatic nitrogens is 2. The van der Waals surface area contributed by atoms with E-state index in [1.165, 1.54) is 5.56 Å². The Balaban J connectivity index is 1.60. The van der Waals surface area contributed by atoms with Gasteiger partial charge in [0.25, 0.3) is 5.91 Å². The lowest BCUT2D eigenvalue weighted by molar-refractivity contribution is 0.0936. The Morgan fingerprint density at radius 3 is 2.46 bits per heavy atom. The molecular weight excluding hydrogens is 322 g/mol. The topological polar surface area (TPSA) is 57.8 Å². The molecule has 0 aliphatic carbocycles. The first-order chi connectivity index (χ1) is 12.8. The fourth-order valence-electron chi connectivity index (χ4n) is 3.11. The summed E-state index contributed by atoms with van der Waals surface area (Å²) in [5.41, 5.74) is 4.61. The Kier molecular flexibility index (Phi) is 4.48. The average molecular weight is 341 g/mol. The van der Waals surface area contributed by atoms with Crippen LogP contribution < -0.4 is 5.32 Å². The smallest absolute Gasteiger partial charge is 0.251 e. The van der Waals surface area contributed by atoms with Crippen LogP contribution in [0.15, 0.2) is 85.2 Å². The molecule has 1 amide bonds. The van der Waals surface area contributed by atoms with Gasteiger partial charge in [-0.15, -0.1) is 0 Å². The number of hydrogen-bond donors (Lipinski definition) is 2. The monoisotopic (exact) mass is 341 g/mol. The van der Waals surface area contributed by atoms with Crippen molar-refractivity contribution in [2.24, 2.45) is 0 Å². The van der Waals surface area contributed by atoms with Gasteiger partial charge in [0.05, 0.1) is 23.4 Å². The fourth-order valence-corrected chi connectivity index (χ4v) is 3.11. The first-order valence-corrected chi connectivity index (χ1v) is 8.62. The van der Waals surface area contributed by atoms with Gasteiger partial charge in [0.1, 0.15) is 0 Å². The summed E-state index contributed by atoms with van der Waals surface area (Å²) >= 11 is 0. The summed E-state index contributed by atoms with van der Waals surface area (Å²) in [7, 11) is 0. The summed E-state index contributed by atoms with van der Waals surface area (Å²) in [6.07, 6.45) is 2.37. The summed E-state index contributed by atoms with van der Waals surface area (Å²) in [6.45, 7) is 0. The maximum absolute atomic E-state index is 12.8. The predicted molar refractivity (Wildman–Crippen MR) is 103 cm³/mol. The Morgan fingerprint density at radius 2 is 1.69 bits per heavy atom. The van der Waals surface area contributed by atoms with Gasteiger partial charge in [0, 0.05) is 5.56 Å². The second-order valence-electron chi connectivity index (χ2n) is 6.26. The molecule has 0 unspecified atom stereocenters. The van der Waals surface area contributed by atoms with Gasteiger partial charge in [-0.25, -0.2) is 4.98 Å². The first kappa shape index (κ1) is 16.1. The number of rotatable bonds is 5. The van der Waals surface area contributed by atoms with E-state index in [0.29, 0.717) is 5.56 Å². The molecule has 128 valence electrons. The number of H-pyrrole nitrogens is 1. The summed E-state index contributed by atoms with van der Waals surface area (Å²) < 4.78 is 0. The van der Waals surface area contributed by atoms with Crippen molar-refractivity contribution in [3.8, 4) is 0 Å². The van der Waals surface area contributed by atoms with E-state index in [1.54, 1.807) is 6.33 Å². The molecule has 0 fully saturated rings. The second kappa shape index (κ2) is 7.23. The third-order valence-corrected chi connectivity index (χ3v) is 4.47. The number of hydrogen-bond acceptors (Lipinski definition) is 2. The number of amides is 1. The Bertz CT molecular complexity index is 1010. The van der Waals surface area contributed by atoms with E-state index in [2.05, 4.69) is 27.4 Å². The summed E-state index contributed by atoms with van der Waals surface area (Å²) in [5.74, 6) is -0.0914. The van der Waals surface area contributed by atoms with Crippen LogP contribution in [0.1, 0.15) is 27.5 Å². The van der Waals surface area contributed by atoms with E-state index in [9.17, 15) is 4.79 Å². The van der Waals surface area contributed by atoms with E-state index < -0.39 is 0 Å². The van der Waals surface area contributed by atoms with Crippen LogP contribution in [-0.2, 0) is 6.42 Å². The number of carbonyl (C=O) groups is 1. The lowest BCUT2D eigenvalue weighted by Crippen LogP contribution is -2.30. The van der Waals surface area contributed by atoms with E-state index >= 15 is 0 Å². The standard InChI is InChI=1S/C22H19N3O/c26-22(18-11-12-19-21(14-18)24-15-23-19)25-20(17-9-5-2-6-10-17)13-16-7-3-1-4-8-16/h1-12,14-15,20H,13H2,(H,23,24)(H,25,26)/t20-/m1/s1. The predicted octanol–water partition coefficient (Wildman–Crippen LogP) is 4.28. The molecule has 4 aromatic rings. The molecule has 4 rings (SSSR count). The zero-order valence-corrected chi connectivity index (χ0v) is 14.2. The first-order valence-electron chi connectivity index (χ1n) is 8.62. The van der Waals surface area contributed by atoms with Crippen LogP contribution in [0.3, 0.4) is 0 Å². The lowest BCUT2D eigenvalue weighted by Gasteiger charge is -2.19. The third-order valence-electron chi connectivity index (χ3n) is 4.47. The quantitative estimate of drug-likeness (QED) is 0.569. The maximum Gasteiger partial charge on any atom is 0.251 e. The van der Waals surface area contributed by atoms with E-state index in [1.807, 2.05) is 66.7 Å². The van der Waals surface area contributed by atoms with Gasteiger partial charge in [0.15, 0.2) is 0 Å².